The van der Waals surface area contributed by atoms with Gasteiger partial charge in [0.2, 0.25) is 10.0 Å². The highest BCUT2D eigenvalue weighted by molar-refractivity contribution is 7.88. The van der Waals surface area contributed by atoms with Crippen molar-refractivity contribution in [3.63, 3.8) is 0 Å². The minimum atomic E-state index is -3.02. The van der Waals surface area contributed by atoms with Crippen molar-refractivity contribution < 1.29 is 8.42 Å². The zero-order chi connectivity index (χ0) is 14.6. The third-order valence-electron chi connectivity index (χ3n) is 4.68. The topological polar surface area (TPSA) is 66.6 Å². The highest BCUT2D eigenvalue weighted by Crippen LogP contribution is 2.26. The Kier molecular flexibility index (Phi) is 5.84. The van der Waals surface area contributed by atoms with Gasteiger partial charge in [0.15, 0.2) is 0 Å². The highest BCUT2D eigenvalue weighted by Gasteiger charge is 2.30. The van der Waals surface area contributed by atoms with Gasteiger partial charge in [-0.25, -0.2) is 12.7 Å². The Morgan fingerprint density at radius 2 is 1.95 bits per heavy atom. The summed E-state index contributed by atoms with van der Waals surface area (Å²) < 4.78 is 25.0. The van der Waals surface area contributed by atoms with Crippen LogP contribution >= 0.6 is 0 Å². The largest absolute Gasteiger partial charge is 0.330 e. The Balaban J connectivity index is 1.86. The van der Waals surface area contributed by atoms with E-state index in [0.717, 1.165) is 32.4 Å². The molecule has 0 saturated carbocycles. The maximum absolute atomic E-state index is 11.7. The lowest BCUT2D eigenvalue weighted by atomic mass is 9.98. The molecule has 0 spiro atoms. The van der Waals surface area contributed by atoms with Crippen LogP contribution in [-0.4, -0.2) is 62.6 Å². The zero-order valence-corrected chi connectivity index (χ0v) is 13.4. The first-order chi connectivity index (χ1) is 9.50. The number of sulfonamides is 1. The first-order valence-electron chi connectivity index (χ1n) is 7.90. The molecule has 2 unspecified atom stereocenters. The van der Waals surface area contributed by atoms with Gasteiger partial charge in [0.1, 0.15) is 0 Å². The summed E-state index contributed by atoms with van der Waals surface area (Å²) in [7, 11) is -3.02. The van der Waals surface area contributed by atoms with Gasteiger partial charge in [-0.1, -0.05) is 0 Å². The summed E-state index contributed by atoms with van der Waals surface area (Å²) in [5.74, 6) is 0.497. The van der Waals surface area contributed by atoms with Crippen molar-refractivity contribution in [2.45, 2.75) is 44.6 Å². The fourth-order valence-electron chi connectivity index (χ4n) is 3.62. The van der Waals surface area contributed by atoms with Gasteiger partial charge in [-0.05, 0) is 57.5 Å². The van der Waals surface area contributed by atoms with Crippen molar-refractivity contribution in [2.24, 2.45) is 11.7 Å². The van der Waals surface area contributed by atoms with Crippen LogP contribution in [0.25, 0.3) is 0 Å². The smallest absolute Gasteiger partial charge is 0.211 e. The van der Waals surface area contributed by atoms with Crippen molar-refractivity contribution in [2.75, 3.05) is 39.0 Å². The minimum Gasteiger partial charge on any atom is -0.330 e. The van der Waals surface area contributed by atoms with Crippen LogP contribution in [0.5, 0.6) is 0 Å². The van der Waals surface area contributed by atoms with E-state index in [1.807, 2.05) is 0 Å². The average molecular weight is 303 g/mol. The number of nitrogens with zero attached hydrogens (tertiary/aromatic N) is 2. The van der Waals surface area contributed by atoms with Crippen LogP contribution in [0.4, 0.5) is 0 Å². The molecule has 2 saturated heterocycles. The summed E-state index contributed by atoms with van der Waals surface area (Å²) in [4.78, 5) is 2.58. The van der Waals surface area contributed by atoms with Gasteiger partial charge in [0, 0.05) is 25.7 Å². The number of hydrogen-bond donors (Lipinski definition) is 1. The number of piperidine rings is 1. The molecule has 6 heteroatoms. The number of likely N-dealkylation sites (tertiary alicyclic amines) is 1. The molecule has 118 valence electrons. The van der Waals surface area contributed by atoms with Gasteiger partial charge in [-0.2, -0.15) is 0 Å². The van der Waals surface area contributed by atoms with Crippen LogP contribution in [0.15, 0.2) is 0 Å². The first kappa shape index (κ1) is 16.2. The Morgan fingerprint density at radius 3 is 2.65 bits per heavy atom. The van der Waals surface area contributed by atoms with E-state index in [9.17, 15) is 8.42 Å². The second kappa shape index (κ2) is 7.20. The molecule has 0 aromatic carbocycles. The van der Waals surface area contributed by atoms with E-state index in [1.165, 1.54) is 32.1 Å². The van der Waals surface area contributed by atoms with Crippen LogP contribution in [0, 0.1) is 5.92 Å². The summed E-state index contributed by atoms with van der Waals surface area (Å²) in [5, 5.41) is 0. The van der Waals surface area contributed by atoms with Crippen LogP contribution in [-0.2, 0) is 10.0 Å². The first-order valence-corrected chi connectivity index (χ1v) is 9.75. The minimum absolute atomic E-state index is 0.497. The standard InChI is InChI=1S/C14H29N3O2S/c1-20(18,19)17-10-3-5-13(12-17)11-16-9-4-7-14(16)6-2-8-15/h13-14H,2-12,15H2,1H3. The molecule has 0 bridgehead atoms. The molecule has 2 rings (SSSR count). The van der Waals surface area contributed by atoms with Gasteiger partial charge in [0.25, 0.3) is 0 Å². The maximum atomic E-state index is 11.7. The Hall–Kier alpha value is -0.170. The molecule has 2 heterocycles. The van der Waals surface area contributed by atoms with E-state index in [2.05, 4.69) is 4.90 Å². The highest BCUT2D eigenvalue weighted by atomic mass is 32.2. The second-order valence-electron chi connectivity index (χ2n) is 6.35. The number of hydrogen-bond acceptors (Lipinski definition) is 4. The summed E-state index contributed by atoms with van der Waals surface area (Å²) in [6.45, 7) is 4.41. The molecule has 20 heavy (non-hydrogen) atoms. The van der Waals surface area contributed by atoms with Gasteiger partial charge < -0.3 is 10.6 Å². The van der Waals surface area contributed by atoms with E-state index in [1.54, 1.807) is 4.31 Å². The molecule has 0 aromatic rings. The quantitative estimate of drug-likeness (QED) is 0.790. The summed E-state index contributed by atoms with van der Waals surface area (Å²) in [5.41, 5.74) is 5.61. The number of rotatable bonds is 6. The molecule has 2 fully saturated rings. The SMILES string of the molecule is CS(=O)(=O)N1CCCC(CN2CCCC2CCCN)C1. The molecule has 2 aliphatic rings. The van der Waals surface area contributed by atoms with Gasteiger partial charge in [0.05, 0.1) is 6.26 Å². The Bertz CT molecular complexity index is 399. The molecule has 2 N–H and O–H groups in total. The van der Waals surface area contributed by atoms with Crippen LogP contribution < -0.4 is 5.73 Å². The molecular formula is C14H29N3O2S. The van der Waals surface area contributed by atoms with E-state index < -0.39 is 10.0 Å². The Labute approximate surface area is 123 Å². The zero-order valence-electron chi connectivity index (χ0n) is 12.6. The van der Waals surface area contributed by atoms with Gasteiger partial charge in [-0.15, -0.1) is 0 Å². The van der Waals surface area contributed by atoms with Gasteiger partial charge in [-0.3, -0.25) is 0 Å². The lowest BCUT2D eigenvalue weighted by Crippen LogP contribution is -2.44. The summed E-state index contributed by atoms with van der Waals surface area (Å²) >= 11 is 0. The molecule has 0 amide bonds. The fourth-order valence-corrected chi connectivity index (χ4v) is 4.57. The molecule has 2 aliphatic heterocycles. The van der Waals surface area contributed by atoms with E-state index >= 15 is 0 Å². The fraction of sp³-hybridized carbons (Fsp3) is 1.00. The molecule has 0 radical (unpaired) electrons. The average Bonchev–Trinajstić information content (AvgIpc) is 2.83. The van der Waals surface area contributed by atoms with Crippen LogP contribution in [0.3, 0.4) is 0 Å². The lowest BCUT2D eigenvalue weighted by molar-refractivity contribution is 0.163. The van der Waals surface area contributed by atoms with E-state index in [0.29, 0.717) is 25.0 Å². The predicted molar refractivity (Wildman–Crippen MR) is 82.0 cm³/mol. The molecule has 5 nitrogen and oxygen atoms in total. The molecular weight excluding hydrogens is 274 g/mol. The third kappa shape index (κ3) is 4.41. The summed E-state index contributed by atoms with van der Waals surface area (Å²) in [6, 6.07) is 0.673. The van der Waals surface area contributed by atoms with Crippen molar-refractivity contribution in [1.29, 1.82) is 0 Å². The normalized spacial score (nSPS) is 29.9. The van der Waals surface area contributed by atoms with Crippen molar-refractivity contribution >= 4 is 10.0 Å². The van der Waals surface area contributed by atoms with Gasteiger partial charge >= 0.3 is 0 Å². The molecule has 2 atom stereocenters. The van der Waals surface area contributed by atoms with E-state index in [-0.39, 0.29) is 0 Å². The van der Waals surface area contributed by atoms with Crippen molar-refractivity contribution in [3.05, 3.63) is 0 Å². The molecule has 0 aromatic heterocycles. The number of nitrogens with two attached hydrogens (primary N) is 1. The monoisotopic (exact) mass is 303 g/mol. The predicted octanol–water partition coefficient (Wildman–Crippen LogP) is 0.861. The summed E-state index contributed by atoms with van der Waals surface area (Å²) in [6.07, 6.45) is 8.33. The molecule has 0 aliphatic carbocycles. The van der Waals surface area contributed by atoms with Crippen molar-refractivity contribution in [1.82, 2.24) is 9.21 Å². The second-order valence-corrected chi connectivity index (χ2v) is 8.33. The Morgan fingerprint density at radius 1 is 1.20 bits per heavy atom. The maximum Gasteiger partial charge on any atom is 0.211 e. The van der Waals surface area contributed by atoms with Crippen LogP contribution in [0.1, 0.15) is 38.5 Å². The van der Waals surface area contributed by atoms with Crippen molar-refractivity contribution in [3.8, 4) is 0 Å². The van der Waals surface area contributed by atoms with Crippen LogP contribution in [0.2, 0.25) is 0 Å². The van der Waals surface area contributed by atoms with E-state index in [4.69, 9.17) is 5.73 Å². The third-order valence-corrected chi connectivity index (χ3v) is 5.95. The lowest BCUT2D eigenvalue weighted by Gasteiger charge is -2.35.